The third kappa shape index (κ3) is 4.63. The number of amides is 1. The Morgan fingerprint density at radius 3 is 2.75 bits per heavy atom. The number of aliphatic hydroxyl groups is 1. The summed E-state index contributed by atoms with van der Waals surface area (Å²) in [5.41, 5.74) is -0.811. The number of hydrogen-bond donors (Lipinski definition) is 2. The zero-order valence-corrected chi connectivity index (χ0v) is 13.3. The average molecular weight is 329 g/mol. The molecule has 0 spiro atoms. The number of benzene rings is 1. The van der Waals surface area contributed by atoms with Crippen molar-refractivity contribution in [3.05, 3.63) is 54.1 Å². The first-order valence-electron chi connectivity index (χ1n) is 7.48. The fraction of sp³-hybridized carbons (Fsp3) is 0.278. The van der Waals surface area contributed by atoms with Gasteiger partial charge in [0.25, 0.3) is 0 Å². The Morgan fingerprint density at radius 2 is 2.08 bits per heavy atom. The maximum Gasteiger partial charge on any atom is 0.308 e. The summed E-state index contributed by atoms with van der Waals surface area (Å²) in [6, 6.07) is 8.33. The molecule has 2 N–H and O–H groups in total. The lowest BCUT2D eigenvalue weighted by Gasteiger charge is -2.35. The zero-order valence-electron chi connectivity index (χ0n) is 13.3. The molecule has 0 unspecified atom stereocenters. The van der Waals surface area contributed by atoms with E-state index in [1.165, 1.54) is 25.3 Å². The Labute approximate surface area is 139 Å². The average Bonchev–Trinajstić information content (AvgIpc) is 2.57. The molecule has 1 aliphatic rings. The fourth-order valence-electron chi connectivity index (χ4n) is 2.42. The van der Waals surface area contributed by atoms with Gasteiger partial charge < -0.3 is 15.2 Å². The Morgan fingerprint density at radius 1 is 1.38 bits per heavy atom. The highest BCUT2D eigenvalue weighted by atomic mass is 16.5. The molecule has 126 valence electrons. The van der Waals surface area contributed by atoms with E-state index in [2.05, 4.69) is 10.1 Å². The summed E-state index contributed by atoms with van der Waals surface area (Å²) in [5, 5.41) is 13.2. The molecule has 2 atom stereocenters. The summed E-state index contributed by atoms with van der Waals surface area (Å²) >= 11 is 0. The molecule has 6 nitrogen and oxygen atoms in total. The topological polar surface area (TPSA) is 92.7 Å². The molecule has 0 aromatic heterocycles. The van der Waals surface area contributed by atoms with Gasteiger partial charge in [0, 0.05) is 12.5 Å². The minimum atomic E-state index is -1.66. The normalized spacial score (nSPS) is 23.2. The van der Waals surface area contributed by atoms with E-state index in [4.69, 9.17) is 0 Å². The highest BCUT2D eigenvalue weighted by Gasteiger charge is 2.41. The van der Waals surface area contributed by atoms with Crippen LogP contribution in [-0.2, 0) is 19.1 Å². The molecule has 24 heavy (non-hydrogen) atoms. The van der Waals surface area contributed by atoms with Gasteiger partial charge in [-0.05, 0) is 23.8 Å². The van der Waals surface area contributed by atoms with Crippen LogP contribution in [0.5, 0.6) is 0 Å². The van der Waals surface area contributed by atoms with Crippen LogP contribution >= 0.6 is 0 Å². The predicted molar refractivity (Wildman–Crippen MR) is 87.8 cm³/mol. The molecule has 1 amide bonds. The van der Waals surface area contributed by atoms with Crippen LogP contribution in [0.15, 0.2) is 48.6 Å². The number of nitrogens with one attached hydrogen (secondary N) is 1. The molecular weight excluding hydrogens is 310 g/mol. The number of hydrogen-bond acceptors (Lipinski definition) is 5. The van der Waals surface area contributed by atoms with E-state index in [-0.39, 0.29) is 18.6 Å². The van der Waals surface area contributed by atoms with E-state index < -0.39 is 23.5 Å². The minimum Gasteiger partial charge on any atom is -0.469 e. The molecule has 0 bridgehead atoms. The van der Waals surface area contributed by atoms with Gasteiger partial charge in [0.15, 0.2) is 5.78 Å². The second kappa shape index (κ2) is 7.70. The number of ketones is 1. The number of rotatable bonds is 5. The predicted octanol–water partition coefficient (Wildman–Crippen LogP) is 1.01. The van der Waals surface area contributed by atoms with Gasteiger partial charge in [0.2, 0.25) is 5.91 Å². The van der Waals surface area contributed by atoms with Crippen molar-refractivity contribution < 1.29 is 24.2 Å². The van der Waals surface area contributed by atoms with Crippen molar-refractivity contribution in [3.8, 4) is 0 Å². The van der Waals surface area contributed by atoms with Crippen molar-refractivity contribution in [2.75, 3.05) is 7.11 Å². The summed E-state index contributed by atoms with van der Waals surface area (Å²) in [6.07, 6.45) is 4.95. The van der Waals surface area contributed by atoms with Crippen LogP contribution in [0.25, 0.3) is 6.08 Å². The monoisotopic (exact) mass is 329 g/mol. The lowest BCUT2D eigenvalue weighted by atomic mass is 9.82. The molecular formula is C18H19NO5. The first-order valence-corrected chi connectivity index (χ1v) is 7.48. The molecule has 0 saturated heterocycles. The van der Waals surface area contributed by atoms with Gasteiger partial charge in [-0.1, -0.05) is 30.3 Å². The summed E-state index contributed by atoms with van der Waals surface area (Å²) < 4.78 is 4.56. The van der Waals surface area contributed by atoms with Crippen LogP contribution in [-0.4, -0.2) is 41.5 Å². The van der Waals surface area contributed by atoms with Crippen molar-refractivity contribution in [1.29, 1.82) is 0 Å². The van der Waals surface area contributed by atoms with E-state index in [9.17, 15) is 19.5 Å². The first-order chi connectivity index (χ1) is 11.4. The molecule has 0 fully saturated rings. The molecule has 0 heterocycles. The van der Waals surface area contributed by atoms with Gasteiger partial charge in [-0.2, -0.15) is 0 Å². The molecule has 0 aliphatic heterocycles. The molecule has 0 saturated carbocycles. The number of ether oxygens (including phenoxy) is 1. The minimum absolute atomic E-state index is 0.0884. The van der Waals surface area contributed by atoms with Crippen LogP contribution in [0.4, 0.5) is 0 Å². The number of carbonyl (C=O) groups excluding carboxylic acids is 3. The van der Waals surface area contributed by atoms with Crippen LogP contribution in [0.1, 0.15) is 18.4 Å². The Balaban J connectivity index is 2.08. The van der Waals surface area contributed by atoms with Gasteiger partial charge in [-0.25, -0.2) is 0 Å². The summed E-state index contributed by atoms with van der Waals surface area (Å²) in [5.74, 6) is -1.33. The summed E-state index contributed by atoms with van der Waals surface area (Å²) in [6.45, 7) is 0. The number of methoxy groups -OCH3 is 1. The van der Waals surface area contributed by atoms with Gasteiger partial charge in [0.1, 0.15) is 5.60 Å². The highest BCUT2D eigenvalue weighted by Crippen LogP contribution is 2.25. The Hall–Kier alpha value is -2.73. The SMILES string of the molecule is COC(=O)C[C@@]1(O)C=CC(=O)C[C@@H]1NC(=O)C=Cc1ccccc1. The first kappa shape index (κ1) is 17.6. The third-order valence-corrected chi connectivity index (χ3v) is 3.76. The van der Waals surface area contributed by atoms with Crippen molar-refractivity contribution in [2.24, 2.45) is 0 Å². The molecule has 1 aromatic carbocycles. The maximum absolute atomic E-state index is 12.1. The second-order valence-corrected chi connectivity index (χ2v) is 5.55. The quantitative estimate of drug-likeness (QED) is 0.621. The van der Waals surface area contributed by atoms with Gasteiger partial charge in [-0.3, -0.25) is 14.4 Å². The van der Waals surface area contributed by atoms with E-state index in [0.717, 1.165) is 5.56 Å². The fourth-order valence-corrected chi connectivity index (χ4v) is 2.42. The van der Waals surface area contributed by atoms with E-state index in [1.807, 2.05) is 30.3 Å². The van der Waals surface area contributed by atoms with Crippen LogP contribution in [0.2, 0.25) is 0 Å². The van der Waals surface area contributed by atoms with Crippen molar-refractivity contribution in [1.82, 2.24) is 5.32 Å². The van der Waals surface area contributed by atoms with Crippen LogP contribution in [0.3, 0.4) is 0 Å². The smallest absolute Gasteiger partial charge is 0.308 e. The van der Waals surface area contributed by atoms with Crippen molar-refractivity contribution >= 4 is 23.7 Å². The van der Waals surface area contributed by atoms with Gasteiger partial charge >= 0.3 is 5.97 Å². The lowest BCUT2D eigenvalue weighted by Crippen LogP contribution is -2.55. The van der Waals surface area contributed by atoms with Crippen LogP contribution < -0.4 is 5.32 Å². The standard InChI is InChI=1S/C18H19NO5/c1-24-17(22)12-18(23)10-9-14(20)11-15(18)19-16(21)8-7-13-5-3-2-4-6-13/h2-10,15,23H,11-12H2,1H3,(H,19,21)/t15-,18-/m0/s1. The number of allylic oxidation sites excluding steroid dienone is 1. The lowest BCUT2D eigenvalue weighted by molar-refractivity contribution is -0.147. The molecule has 0 radical (unpaired) electrons. The molecule has 1 aliphatic carbocycles. The zero-order chi connectivity index (χ0) is 17.6. The number of carbonyl (C=O) groups is 3. The molecule has 6 heteroatoms. The molecule has 2 rings (SSSR count). The third-order valence-electron chi connectivity index (χ3n) is 3.76. The van der Waals surface area contributed by atoms with Crippen molar-refractivity contribution in [3.63, 3.8) is 0 Å². The van der Waals surface area contributed by atoms with E-state index >= 15 is 0 Å². The summed E-state index contributed by atoms with van der Waals surface area (Å²) in [4.78, 5) is 35.1. The van der Waals surface area contributed by atoms with E-state index in [0.29, 0.717) is 0 Å². The van der Waals surface area contributed by atoms with Crippen LogP contribution in [0, 0.1) is 0 Å². The summed E-state index contributed by atoms with van der Waals surface area (Å²) in [7, 11) is 1.21. The van der Waals surface area contributed by atoms with Gasteiger partial charge in [-0.15, -0.1) is 0 Å². The van der Waals surface area contributed by atoms with Gasteiger partial charge in [0.05, 0.1) is 19.6 Å². The molecule has 1 aromatic rings. The number of esters is 1. The highest BCUT2D eigenvalue weighted by molar-refractivity contribution is 5.95. The van der Waals surface area contributed by atoms with Crippen molar-refractivity contribution in [2.45, 2.75) is 24.5 Å². The maximum atomic E-state index is 12.1. The van der Waals surface area contributed by atoms with E-state index in [1.54, 1.807) is 6.08 Å². The Bertz CT molecular complexity index is 680. The second-order valence-electron chi connectivity index (χ2n) is 5.55. The largest absolute Gasteiger partial charge is 0.469 e. The Kier molecular flexibility index (Phi) is 5.65.